The molecule has 0 bridgehead atoms. The van der Waals surface area contributed by atoms with Gasteiger partial charge in [-0.15, -0.1) is 0 Å². The molecule has 0 amide bonds. The Morgan fingerprint density at radius 1 is 1.38 bits per heavy atom. The van der Waals surface area contributed by atoms with E-state index >= 15 is 0 Å². The molecule has 0 aromatic carbocycles. The van der Waals surface area contributed by atoms with Gasteiger partial charge in [-0.25, -0.2) is 0 Å². The van der Waals surface area contributed by atoms with Gasteiger partial charge in [0, 0.05) is 24.7 Å². The van der Waals surface area contributed by atoms with Gasteiger partial charge in [-0.3, -0.25) is 4.90 Å². The van der Waals surface area contributed by atoms with Crippen molar-refractivity contribution in [3.8, 4) is 0 Å². The predicted molar refractivity (Wildman–Crippen MR) is 68.8 cm³/mol. The molecular formula is C13H28N2O. The van der Waals surface area contributed by atoms with Crippen molar-refractivity contribution >= 4 is 0 Å². The molecule has 0 saturated carbocycles. The van der Waals surface area contributed by atoms with Gasteiger partial charge in [0.05, 0.1) is 13.2 Å². The number of rotatable bonds is 6. The first kappa shape index (κ1) is 13.9. The van der Waals surface area contributed by atoms with E-state index in [2.05, 4.69) is 37.9 Å². The number of nitrogens with zero attached hydrogens (tertiary/aromatic N) is 1. The van der Waals surface area contributed by atoms with Crippen LogP contribution >= 0.6 is 0 Å². The first-order valence-corrected chi connectivity index (χ1v) is 6.67. The number of hydrogen-bond donors (Lipinski definition) is 1. The van der Waals surface area contributed by atoms with Crippen LogP contribution in [0.2, 0.25) is 0 Å². The Labute approximate surface area is 101 Å². The predicted octanol–water partition coefficient (Wildman–Crippen LogP) is 1.88. The first-order valence-electron chi connectivity index (χ1n) is 6.67. The van der Waals surface area contributed by atoms with Crippen molar-refractivity contribution in [2.24, 2.45) is 0 Å². The molecule has 0 aromatic heterocycles. The summed E-state index contributed by atoms with van der Waals surface area (Å²) in [6.45, 7) is 14.0. The molecule has 0 aliphatic carbocycles. The first-order chi connectivity index (χ1) is 7.61. The van der Waals surface area contributed by atoms with Crippen LogP contribution < -0.4 is 5.32 Å². The zero-order valence-corrected chi connectivity index (χ0v) is 11.4. The number of ether oxygens (including phenoxy) is 1. The van der Waals surface area contributed by atoms with Crippen molar-refractivity contribution in [2.75, 3.05) is 32.8 Å². The van der Waals surface area contributed by atoms with E-state index in [1.165, 1.54) is 12.8 Å². The largest absolute Gasteiger partial charge is 0.378 e. The van der Waals surface area contributed by atoms with Gasteiger partial charge in [0.2, 0.25) is 0 Å². The van der Waals surface area contributed by atoms with Gasteiger partial charge in [-0.1, -0.05) is 20.3 Å². The Bertz CT molecular complexity index is 194. The van der Waals surface area contributed by atoms with E-state index in [4.69, 9.17) is 4.74 Å². The molecule has 1 atom stereocenters. The van der Waals surface area contributed by atoms with Gasteiger partial charge in [-0.05, 0) is 26.8 Å². The Hall–Kier alpha value is -0.120. The minimum absolute atomic E-state index is 0.188. The summed E-state index contributed by atoms with van der Waals surface area (Å²) in [7, 11) is 0. The van der Waals surface area contributed by atoms with Crippen LogP contribution in [0, 0.1) is 0 Å². The molecule has 1 saturated heterocycles. The maximum Gasteiger partial charge on any atom is 0.0645 e. The highest BCUT2D eigenvalue weighted by atomic mass is 16.5. The average Bonchev–Trinajstić information content (AvgIpc) is 2.24. The Morgan fingerprint density at radius 2 is 2.12 bits per heavy atom. The number of likely N-dealkylation sites (N-methyl/N-ethyl adjacent to an activating group) is 1. The molecule has 1 aliphatic heterocycles. The van der Waals surface area contributed by atoms with Crippen LogP contribution in [0.3, 0.4) is 0 Å². The van der Waals surface area contributed by atoms with Crippen LogP contribution in [0.15, 0.2) is 0 Å². The van der Waals surface area contributed by atoms with Crippen LogP contribution in [-0.4, -0.2) is 49.3 Å². The molecule has 3 heteroatoms. The third kappa shape index (κ3) is 3.72. The zero-order chi connectivity index (χ0) is 12.0. The van der Waals surface area contributed by atoms with Gasteiger partial charge < -0.3 is 10.1 Å². The smallest absolute Gasteiger partial charge is 0.0645 e. The molecule has 16 heavy (non-hydrogen) atoms. The van der Waals surface area contributed by atoms with Crippen molar-refractivity contribution in [1.82, 2.24) is 10.2 Å². The Balaban J connectivity index is 2.59. The zero-order valence-electron chi connectivity index (χ0n) is 11.4. The maximum absolute atomic E-state index is 5.59. The molecule has 1 N–H and O–H groups in total. The van der Waals surface area contributed by atoms with Crippen molar-refractivity contribution < 1.29 is 4.74 Å². The molecule has 1 aliphatic rings. The fourth-order valence-electron chi connectivity index (χ4n) is 2.56. The quantitative estimate of drug-likeness (QED) is 0.751. The molecule has 0 aromatic rings. The maximum atomic E-state index is 5.59. The summed E-state index contributed by atoms with van der Waals surface area (Å²) >= 11 is 0. The fourth-order valence-corrected chi connectivity index (χ4v) is 2.56. The molecular weight excluding hydrogens is 200 g/mol. The monoisotopic (exact) mass is 228 g/mol. The lowest BCUT2D eigenvalue weighted by molar-refractivity contribution is -0.0729. The Morgan fingerprint density at radius 3 is 2.69 bits per heavy atom. The van der Waals surface area contributed by atoms with Gasteiger partial charge in [0.1, 0.15) is 0 Å². The van der Waals surface area contributed by atoms with Gasteiger partial charge in [0.25, 0.3) is 0 Å². The second kappa shape index (κ2) is 6.58. The lowest BCUT2D eigenvalue weighted by Gasteiger charge is -2.46. The van der Waals surface area contributed by atoms with Crippen LogP contribution in [0.5, 0.6) is 0 Å². The standard InChI is InChI=1S/C13H28N2O/c1-5-7-12(10-14-6-2)15-8-9-16-11-13(15,3)4/h12,14H,5-11H2,1-4H3. The van der Waals surface area contributed by atoms with E-state index in [0.717, 1.165) is 32.8 Å². The molecule has 0 spiro atoms. The topological polar surface area (TPSA) is 24.5 Å². The molecule has 1 heterocycles. The molecule has 1 fully saturated rings. The number of hydrogen-bond acceptors (Lipinski definition) is 3. The summed E-state index contributed by atoms with van der Waals surface area (Å²) in [5.41, 5.74) is 0.188. The summed E-state index contributed by atoms with van der Waals surface area (Å²) in [5, 5.41) is 3.49. The normalized spacial score (nSPS) is 23.2. The molecule has 96 valence electrons. The summed E-state index contributed by atoms with van der Waals surface area (Å²) in [4.78, 5) is 2.63. The minimum atomic E-state index is 0.188. The summed E-state index contributed by atoms with van der Waals surface area (Å²) < 4.78 is 5.59. The molecule has 1 rings (SSSR count). The lowest BCUT2D eigenvalue weighted by atomic mass is 9.97. The van der Waals surface area contributed by atoms with Crippen LogP contribution in [0.1, 0.15) is 40.5 Å². The summed E-state index contributed by atoms with van der Waals surface area (Å²) in [6, 6.07) is 0.656. The Kier molecular flexibility index (Phi) is 5.73. The molecule has 0 radical (unpaired) electrons. The molecule has 1 unspecified atom stereocenters. The number of nitrogens with one attached hydrogen (secondary N) is 1. The fraction of sp³-hybridized carbons (Fsp3) is 1.00. The van der Waals surface area contributed by atoms with Crippen molar-refractivity contribution in [1.29, 1.82) is 0 Å². The van der Waals surface area contributed by atoms with Gasteiger partial charge in [-0.2, -0.15) is 0 Å². The second-order valence-electron chi connectivity index (χ2n) is 5.31. The third-order valence-electron chi connectivity index (χ3n) is 3.40. The van der Waals surface area contributed by atoms with Crippen LogP contribution in [0.25, 0.3) is 0 Å². The molecule has 3 nitrogen and oxygen atoms in total. The summed E-state index contributed by atoms with van der Waals surface area (Å²) in [5.74, 6) is 0. The highest BCUT2D eigenvalue weighted by molar-refractivity contribution is 4.89. The van der Waals surface area contributed by atoms with Crippen molar-refractivity contribution in [3.63, 3.8) is 0 Å². The van der Waals surface area contributed by atoms with E-state index < -0.39 is 0 Å². The van der Waals surface area contributed by atoms with Gasteiger partial charge >= 0.3 is 0 Å². The van der Waals surface area contributed by atoms with E-state index in [-0.39, 0.29) is 5.54 Å². The van der Waals surface area contributed by atoms with Crippen molar-refractivity contribution in [2.45, 2.75) is 52.1 Å². The third-order valence-corrected chi connectivity index (χ3v) is 3.40. The van der Waals surface area contributed by atoms with E-state index in [0.29, 0.717) is 6.04 Å². The average molecular weight is 228 g/mol. The van der Waals surface area contributed by atoms with E-state index in [1.54, 1.807) is 0 Å². The van der Waals surface area contributed by atoms with E-state index in [9.17, 15) is 0 Å². The lowest BCUT2D eigenvalue weighted by Crippen LogP contribution is -2.59. The minimum Gasteiger partial charge on any atom is -0.378 e. The number of morpholine rings is 1. The highest BCUT2D eigenvalue weighted by Crippen LogP contribution is 2.23. The SMILES string of the molecule is CCCC(CNCC)N1CCOCC1(C)C. The van der Waals surface area contributed by atoms with Gasteiger partial charge in [0.15, 0.2) is 0 Å². The summed E-state index contributed by atoms with van der Waals surface area (Å²) in [6.07, 6.45) is 2.53. The van der Waals surface area contributed by atoms with E-state index in [1.807, 2.05) is 0 Å². The van der Waals surface area contributed by atoms with Crippen LogP contribution in [0.4, 0.5) is 0 Å². The second-order valence-corrected chi connectivity index (χ2v) is 5.31. The van der Waals surface area contributed by atoms with Crippen LogP contribution in [-0.2, 0) is 4.74 Å². The van der Waals surface area contributed by atoms with Crippen molar-refractivity contribution in [3.05, 3.63) is 0 Å². The highest BCUT2D eigenvalue weighted by Gasteiger charge is 2.34.